The molecule has 0 bridgehead atoms. The Morgan fingerprint density at radius 3 is 2.65 bits per heavy atom. The van der Waals surface area contributed by atoms with Crippen LogP contribution in [0, 0.1) is 5.41 Å². The lowest BCUT2D eigenvalue weighted by molar-refractivity contribution is -0.136. The molecular formula is C19H21N3O4. The molecule has 2 N–H and O–H groups in total. The van der Waals surface area contributed by atoms with Crippen LogP contribution in [0.25, 0.3) is 0 Å². The second-order valence-electron chi connectivity index (χ2n) is 7.93. The van der Waals surface area contributed by atoms with E-state index in [-0.39, 0.29) is 30.2 Å². The molecule has 1 aliphatic carbocycles. The summed E-state index contributed by atoms with van der Waals surface area (Å²) in [4.78, 5) is 37.9. The third-order valence-corrected chi connectivity index (χ3v) is 6.15. The Hall–Kier alpha value is -2.41. The topological polar surface area (TPSA) is 87.7 Å². The zero-order valence-electron chi connectivity index (χ0n) is 14.4. The Morgan fingerprint density at radius 2 is 1.96 bits per heavy atom. The monoisotopic (exact) mass is 355 g/mol. The van der Waals surface area contributed by atoms with Gasteiger partial charge in [0.15, 0.2) is 0 Å². The van der Waals surface area contributed by atoms with Gasteiger partial charge in [-0.15, -0.1) is 0 Å². The number of carbonyl (C=O) groups excluding carboxylic acids is 3. The number of fused-ring (bicyclic) bond motifs is 1. The van der Waals surface area contributed by atoms with E-state index in [1.807, 2.05) is 12.1 Å². The van der Waals surface area contributed by atoms with Crippen molar-refractivity contribution < 1.29 is 19.1 Å². The van der Waals surface area contributed by atoms with Crippen LogP contribution in [0.4, 0.5) is 0 Å². The summed E-state index contributed by atoms with van der Waals surface area (Å²) in [6.07, 6.45) is 2.93. The molecule has 3 fully saturated rings. The Labute approximate surface area is 151 Å². The van der Waals surface area contributed by atoms with Crippen molar-refractivity contribution in [2.75, 3.05) is 13.1 Å². The van der Waals surface area contributed by atoms with Crippen LogP contribution in [0.5, 0.6) is 5.75 Å². The minimum atomic E-state index is -0.589. The highest BCUT2D eigenvalue weighted by atomic mass is 16.5. The molecule has 5 rings (SSSR count). The summed E-state index contributed by atoms with van der Waals surface area (Å²) in [5, 5.41) is 5.65. The van der Waals surface area contributed by atoms with Crippen LogP contribution >= 0.6 is 0 Å². The highest BCUT2D eigenvalue weighted by molar-refractivity contribution is 6.05. The molecular weight excluding hydrogens is 334 g/mol. The van der Waals surface area contributed by atoms with Crippen molar-refractivity contribution in [3.8, 4) is 5.75 Å². The van der Waals surface area contributed by atoms with Gasteiger partial charge >= 0.3 is 0 Å². The van der Waals surface area contributed by atoms with E-state index in [0.717, 1.165) is 37.2 Å². The van der Waals surface area contributed by atoms with Crippen LogP contribution in [-0.4, -0.2) is 47.9 Å². The van der Waals surface area contributed by atoms with Crippen LogP contribution in [0.15, 0.2) is 18.2 Å². The number of hydrogen-bond acceptors (Lipinski definition) is 5. The second kappa shape index (κ2) is 5.54. The number of amides is 3. The molecule has 3 amide bonds. The van der Waals surface area contributed by atoms with Crippen molar-refractivity contribution in [1.29, 1.82) is 0 Å². The smallest absolute Gasteiger partial charge is 0.255 e. The van der Waals surface area contributed by atoms with E-state index in [2.05, 4.69) is 10.6 Å². The second-order valence-corrected chi connectivity index (χ2v) is 7.93. The molecule has 26 heavy (non-hydrogen) atoms. The van der Waals surface area contributed by atoms with Gasteiger partial charge in [-0.3, -0.25) is 19.7 Å². The van der Waals surface area contributed by atoms with Gasteiger partial charge in [0.25, 0.3) is 5.91 Å². The maximum absolute atomic E-state index is 12.8. The minimum absolute atomic E-state index is 0.159. The van der Waals surface area contributed by atoms with Gasteiger partial charge in [0.05, 0.1) is 12.6 Å². The van der Waals surface area contributed by atoms with Crippen molar-refractivity contribution in [3.63, 3.8) is 0 Å². The largest absolute Gasteiger partial charge is 0.490 e. The van der Waals surface area contributed by atoms with Crippen LogP contribution in [0.3, 0.4) is 0 Å². The van der Waals surface area contributed by atoms with Crippen LogP contribution in [0.1, 0.15) is 41.6 Å². The van der Waals surface area contributed by atoms with E-state index >= 15 is 0 Å². The zero-order chi connectivity index (χ0) is 17.9. The van der Waals surface area contributed by atoms with Gasteiger partial charge in [-0.1, -0.05) is 6.07 Å². The molecule has 3 aliphatic heterocycles. The fourth-order valence-corrected chi connectivity index (χ4v) is 4.60. The van der Waals surface area contributed by atoms with E-state index in [9.17, 15) is 14.4 Å². The van der Waals surface area contributed by atoms with Gasteiger partial charge in [0.2, 0.25) is 11.8 Å². The highest BCUT2D eigenvalue weighted by Gasteiger charge is 2.50. The molecule has 7 heteroatoms. The molecule has 7 nitrogen and oxygen atoms in total. The molecule has 0 aromatic heterocycles. The summed E-state index contributed by atoms with van der Waals surface area (Å²) in [7, 11) is 0. The van der Waals surface area contributed by atoms with Crippen LogP contribution in [-0.2, 0) is 16.1 Å². The summed E-state index contributed by atoms with van der Waals surface area (Å²) in [6, 6.07) is 4.94. The molecule has 1 aromatic rings. The molecule has 1 spiro atoms. The van der Waals surface area contributed by atoms with Crippen molar-refractivity contribution in [2.24, 2.45) is 5.41 Å². The fourth-order valence-electron chi connectivity index (χ4n) is 4.60. The summed E-state index contributed by atoms with van der Waals surface area (Å²) >= 11 is 0. The zero-order valence-corrected chi connectivity index (χ0v) is 14.4. The third kappa shape index (κ3) is 2.34. The summed E-state index contributed by atoms with van der Waals surface area (Å²) < 4.78 is 6.19. The first kappa shape index (κ1) is 15.8. The quantitative estimate of drug-likeness (QED) is 0.775. The predicted octanol–water partition coefficient (Wildman–Crippen LogP) is 0.578. The Kier molecular flexibility index (Phi) is 3.37. The Morgan fingerprint density at radius 1 is 1.15 bits per heavy atom. The van der Waals surface area contributed by atoms with E-state index in [0.29, 0.717) is 23.9 Å². The molecule has 1 unspecified atom stereocenters. The Balaban J connectivity index is 1.33. The third-order valence-electron chi connectivity index (χ3n) is 6.15. The number of rotatable bonds is 3. The maximum Gasteiger partial charge on any atom is 0.255 e. The van der Waals surface area contributed by atoms with E-state index in [4.69, 9.17) is 4.74 Å². The number of ether oxygens (including phenoxy) is 1. The van der Waals surface area contributed by atoms with Gasteiger partial charge in [-0.2, -0.15) is 0 Å². The standard InChI is InChI=1S/C19H21N3O4/c23-16-5-4-14(17(24)21-16)22-8-13-12(18(22)25)2-1-3-15(13)26-11-6-19(7-11)9-20-10-19/h1-3,11,14,20H,4-10H2,(H,21,23,24). The molecule has 0 radical (unpaired) electrons. The first-order chi connectivity index (χ1) is 12.5. The molecule has 1 aromatic carbocycles. The summed E-state index contributed by atoms with van der Waals surface area (Å²) in [5.41, 5.74) is 1.89. The number of piperidine rings is 1. The number of hydrogen-bond donors (Lipinski definition) is 2. The number of carbonyl (C=O) groups is 3. The average molecular weight is 355 g/mol. The van der Waals surface area contributed by atoms with Crippen molar-refractivity contribution in [2.45, 2.75) is 44.4 Å². The average Bonchev–Trinajstić information content (AvgIpc) is 2.87. The van der Waals surface area contributed by atoms with Crippen molar-refractivity contribution in [1.82, 2.24) is 15.5 Å². The number of imide groups is 1. The molecule has 4 aliphatic rings. The normalized spacial score (nSPS) is 27.0. The molecule has 1 saturated carbocycles. The van der Waals surface area contributed by atoms with Gasteiger partial charge in [0.1, 0.15) is 11.8 Å². The molecule has 136 valence electrons. The number of nitrogens with zero attached hydrogens (tertiary/aromatic N) is 1. The molecule has 1 atom stereocenters. The first-order valence-corrected chi connectivity index (χ1v) is 9.19. The summed E-state index contributed by atoms with van der Waals surface area (Å²) in [5.74, 6) is -0.0712. The lowest BCUT2D eigenvalue weighted by Crippen LogP contribution is -2.62. The lowest BCUT2D eigenvalue weighted by Gasteiger charge is -2.53. The predicted molar refractivity (Wildman–Crippen MR) is 91.4 cm³/mol. The van der Waals surface area contributed by atoms with E-state index in [1.54, 1.807) is 11.0 Å². The fraction of sp³-hybridized carbons (Fsp3) is 0.526. The van der Waals surface area contributed by atoms with Gasteiger partial charge in [0, 0.05) is 36.1 Å². The van der Waals surface area contributed by atoms with Gasteiger partial charge < -0.3 is 15.0 Å². The minimum Gasteiger partial charge on any atom is -0.490 e. The first-order valence-electron chi connectivity index (χ1n) is 9.19. The van der Waals surface area contributed by atoms with Crippen LogP contribution < -0.4 is 15.4 Å². The van der Waals surface area contributed by atoms with Gasteiger partial charge in [-0.25, -0.2) is 0 Å². The SMILES string of the molecule is O=C1CCC(N2Cc3c(OC4CC5(CNC5)C4)cccc3C2=O)C(=O)N1. The number of benzene rings is 1. The molecule has 3 heterocycles. The van der Waals surface area contributed by atoms with Crippen molar-refractivity contribution >= 4 is 17.7 Å². The van der Waals surface area contributed by atoms with Crippen molar-refractivity contribution in [3.05, 3.63) is 29.3 Å². The number of nitrogens with one attached hydrogen (secondary N) is 2. The molecule has 2 saturated heterocycles. The van der Waals surface area contributed by atoms with E-state index < -0.39 is 6.04 Å². The maximum atomic E-state index is 12.8. The lowest BCUT2D eigenvalue weighted by atomic mass is 9.63. The van der Waals surface area contributed by atoms with E-state index in [1.165, 1.54) is 0 Å². The van der Waals surface area contributed by atoms with Gasteiger partial charge in [-0.05, 0) is 31.4 Å². The van der Waals surface area contributed by atoms with Crippen LogP contribution in [0.2, 0.25) is 0 Å². The highest BCUT2D eigenvalue weighted by Crippen LogP contribution is 2.46. The summed E-state index contributed by atoms with van der Waals surface area (Å²) in [6.45, 7) is 2.50. The Bertz CT molecular complexity index is 809.